The number of nitrogens with zero attached hydrogens (tertiary/aromatic N) is 2. The summed E-state index contributed by atoms with van der Waals surface area (Å²) in [4.78, 5) is 16.5. The number of hydrazine groups is 1. The summed E-state index contributed by atoms with van der Waals surface area (Å²) in [6.45, 7) is 5.39. The lowest BCUT2D eigenvalue weighted by atomic mass is 10.0. The number of hydrogen-bond donors (Lipinski definition) is 2. The van der Waals surface area contributed by atoms with Gasteiger partial charge in [-0.25, -0.2) is 5.43 Å². The van der Waals surface area contributed by atoms with E-state index in [1.54, 1.807) is 0 Å². The Bertz CT molecular complexity index is 593. The van der Waals surface area contributed by atoms with Crippen molar-refractivity contribution in [3.05, 3.63) is 28.2 Å². The molecule has 0 amide bonds. The Morgan fingerprint density at radius 1 is 1.25 bits per heavy atom. The lowest BCUT2D eigenvalue weighted by Gasteiger charge is -2.37. The molecule has 0 radical (unpaired) electrons. The van der Waals surface area contributed by atoms with E-state index in [4.69, 9.17) is 27.9 Å². The van der Waals surface area contributed by atoms with E-state index in [0.29, 0.717) is 10.0 Å². The highest BCUT2D eigenvalue weighted by molar-refractivity contribution is 6.42. The van der Waals surface area contributed by atoms with Gasteiger partial charge in [0.2, 0.25) is 0 Å². The van der Waals surface area contributed by atoms with Crippen molar-refractivity contribution in [2.45, 2.75) is 6.04 Å². The molecule has 0 saturated carbocycles. The first-order valence-electron chi connectivity index (χ1n) is 8.07. The Labute approximate surface area is 152 Å². The molecule has 2 saturated heterocycles. The molecule has 8 heteroatoms. The number of carbonyl (C=O) groups is 1. The van der Waals surface area contributed by atoms with E-state index >= 15 is 0 Å². The number of anilines is 1. The van der Waals surface area contributed by atoms with E-state index in [0.717, 1.165) is 45.0 Å². The number of carbonyl (C=O) groups excluding carboxylic acids is 1. The van der Waals surface area contributed by atoms with E-state index in [2.05, 4.69) is 20.7 Å². The second-order valence-corrected chi connectivity index (χ2v) is 6.99. The van der Waals surface area contributed by atoms with Crippen LogP contribution in [0.25, 0.3) is 0 Å². The molecule has 2 unspecified atom stereocenters. The third-order valence-corrected chi connectivity index (χ3v) is 5.42. The summed E-state index contributed by atoms with van der Waals surface area (Å²) in [6, 6.07) is 5.48. The second kappa shape index (κ2) is 7.89. The number of halogens is 2. The smallest absolute Gasteiger partial charge is 0.324 e. The Kier molecular flexibility index (Phi) is 5.84. The van der Waals surface area contributed by atoms with E-state index in [1.807, 2.05) is 18.2 Å². The van der Waals surface area contributed by atoms with Gasteiger partial charge in [0.25, 0.3) is 0 Å². The molecule has 2 atom stereocenters. The van der Waals surface area contributed by atoms with E-state index < -0.39 is 0 Å². The average molecular weight is 373 g/mol. The predicted molar refractivity (Wildman–Crippen MR) is 95.5 cm³/mol. The molecule has 0 aromatic heterocycles. The van der Waals surface area contributed by atoms with Crippen molar-refractivity contribution in [1.82, 2.24) is 15.8 Å². The number of rotatable bonds is 4. The first-order chi connectivity index (χ1) is 11.6. The van der Waals surface area contributed by atoms with Gasteiger partial charge in [-0.1, -0.05) is 23.2 Å². The molecular formula is C16H22Cl2N4O2. The molecule has 3 rings (SSSR count). The zero-order valence-corrected chi connectivity index (χ0v) is 15.1. The minimum absolute atomic E-state index is 0.209. The van der Waals surface area contributed by atoms with Crippen LogP contribution in [0.15, 0.2) is 18.2 Å². The Hall–Kier alpha value is -1.05. The first-order valence-corrected chi connectivity index (χ1v) is 8.82. The predicted octanol–water partition coefficient (Wildman–Crippen LogP) is 1.38. The van der Waals surface area contributed by atoms with Gasteiger partial charge in [-0.3, -0.25) is 15.1 Å². The monoisotopic (exact) mass is 372 g/mol. The minimum Gasteiger partial charge on any atom is -0.468 e. The third-order valence-electron chi connectivity index (χ3n) is 4.68. The van der Waals surface area contributed by atoms with Gasteiger partial charge in [-0.05, 0) is 18.2 Å². The number of piperazine rings is 1. The van der Waals surface area contributed by atoms with Crippen LogP contribution in [0.1, 0.15) is 0 Å². The molecule has 2 fully saturated rings. The molecule has 1 aromatic carbocycles. The molecule has 6 nitrogen and oxygen atoms in total. The number of nitrogens with one attached hydrogen (secondary N) is 2. The molecule has 2 heterocycles. The molecule has 0 bridgehead atoms. The fourth-order valence-electron chi connectivity index (χ4n) is 3.29. The molecule has 2 N–H and O–H groups in total. The second-order valence-electron chi connectivity index (χ2n) is 6.17. The van der Waals surface area contributed by atoms with Crippen LogP contribution in [0.2, 0.25) is 10.0 Å². The molecule has 2 aliphatic rings. The van der Waals surface area contributed by atoms with Crippen LogP contribution in [0.4, 0.5) is 5.69 Å². The summed E-state index contributed by atoms with van der Waals surface area (Å²) in [7, 11) is 1.43. The first kappa shape index (κ1) is 17.8. The van der Waals surface area contributed by atoms with Gasteiger partial charge < -0.3 is 9.64 Å². The van der Waals surface area contributed by atoms with Crippen LogP contribution in [-0.2, 0) is 9.53 Å². The van der Waals surface area contributed by atoms with Gasteiger partial charge >= 0.3 is 5.97 Å². The summed E-state index contributed by atoms with van der Waals surface area (Å²) in [6.07, 6.45) is 0. The van der Waals surface area contributed by atoms with Crippen LogP contribution in [-0.4, -0.2) is 63.3 Å². The molecule has 24 heavy (non-hydrogen) atoms. The Morgan fingerprint density at radius 2 is 2.00 bits per heavy atom. The summed E-state index contributed by atoms with van der Waals surface area (Å²) in [5.41, 5.74) is 7.16. The number of methoxy groups -OCH3 is 1. The standard InChI is InChI=1S/C16H22Cl2N4O2/c1-24-16(23)15-11(9-19-20-15)10-21-4-6-22(7-5-21)12-2-3-13(17)14(18)8-12/h2-3,8,11,15,19-20H,4-7,9-10H2,1H3. The zero-order chi connectivity index (χ0) is 17.1. The maximum Gasteiger partial charge on any atom is 0.324 e. The SMILES string of the molecule is COC(=O)C1NNCC1CN1CCN(c2ccc(Cl)c(Cl)c2)CC1. The fourth-order valence-corrected chi connectivity index (χ4v) is 3.58. The highest BCUT2D eigenvalue weighted by Gasteiger charge is 2.35. The summed E-state index contributed by atoms with van der Waals surface area (Å²) in [5.74, 6) is 0.00779. The highest BCUT2D eigenvalue weighted by atomic mass is 35.5. The quantitative estimate of drug-likeness (QED) is 0.778. The van der Waals surface area contributed by atoms with Gasteiger partial charge in [0.15, 0.2) is 0 Å². The van der Waals surface area contributed by atoms with Crippen molar-refractivity contribution < 1.29 is 9.53 Å². The lowest BCUT2D eigenvalue weighted by Crippen LogP contribution is -2.50. The van der Waals surface area contributed by atoms with Crippen LogP contribution < -0.4 is 15.8 Å². The van der Waals surface area contributed by atoms with Gasteiger partial charge in [0.1, 0.15) is 6.04 Å². The fraction of sp³-hybridized carbons (Fsp3) is 0.562. The summed E-state index contributed by atoms with van der Waals surface area (Å²) >= 11 is 12.1. The molecule has 1 aromatic rings. The number of ether oxygens (including phenoxy) is 1. The van der Waals surface area contributed by atoms with Crippen molar-refractivity contribution in [3.8, 4) is 0 Å². The molecule has 132 valence electrons. The molecule has 0 aliphatic carbocycles. The summed E-state index contributed by atoms with van der Waals surface area (Å²) in [5, 5.41) is 1.16. The van der Waals surface area contributed by atoms with Gasteiger partial charge in [0.05, 0.1) is 17.2 Å². The van der Waals surface area contributed by atoms with Crippen molar-refractivity contribution in [1.29, 1.82) is 0 Å². The minimum atomic E-state index is -0.275. The maximum absolute atomic E-state index is 11.8. The normalized spacial score (nSPS) is 25.0. The number of hydrogen-bond acceptors (Lipinski definition) is 6. The van der Waals surface area contributed by atoms with E-state index in [9.17, 15) is 4.79 Å². The average Bonchev–Trinajstić information content (AvgIpc) is 3.05. The summed E-state index contributed by atoms with van der Waals surface area (Å²) < 4.78 is 4.86. The van der Waals surface area contributed by atoms with Crippen LogP contribution in [0.3, 0.4) is 0 Å². The topological polar surface area (TPSA) is 56.8 Å². The highest BCUT2D eigenvalue weighted by Crippen LogP contribution is 2.28. The molecular weight excluding hydrogens is 351 g/mol. The van der Waals surface area contributed by atoms with Crippen LogP contribution in [0, 0.1) is 5.92 Å². The Morgan fingerprint density at radius 3 is 2.67 bits per heavy atom. The molecule has 2 aliphatic heterocycles. The van der Waals surface area contributed by atoms with E-state index in [-0.39, 0.29) is 17.9 Å². The lowest BCUT2D eigenvalue weighted by molar-refractivity contribution is -0.144. The zero-order valence-electron chi connectivity index (χ0n) is 13.6. The Balaban J connectivity index is 1.53. The van der Waals surface area contributed by atoms with Gasteiger partial charge in [-0.2, -0.15) is 0 Å². The van der Waals surface area contributed by atoms with Crippen molar-refractivity contribution in [2.75, 3.05) is 51.3 Å². The van der Waals surface area contributed by atoms with Crippen molar-refractivity contribution in [2.24, 2.45) is 5.92 Å². The third kappa shape index (κ3) is 3.95. The molecule has 0 spiro atoms. The number of esters is 1. The largest absolute Gasteiger partial charge is 0.468 e. The number of benzene rings is 1. The van der Waals surface area contributed by atoms with Crippen LogP contribution >= 0.6 is 23.2 Å². The van der Waals surface area contributed by atoms with E-state index in [1.165, 1.54) is 7.11 Å². The van der Waals surface area contributed by atoms with Gasteiger partial charge in [-0.15, -0.1) is 0 Å². The van der Waals surface area contributed by atoms with Gasteiger partial charge in [0, 0.05) is 50.9 Å². The van der Waals surface area contributed by atoms with Crippen molar-refractivity contribution in [3.63, 3.8) is 0 Å². The van der Waals surface area contributed by atoms with Crippen molar-refractivity contribution >= 4 is 34.9 Å². The maximum atomic E-state index is 11.8. The van der Waals surface area contributed by atoms with Crippen LogP contribution in [0.5, 0.6) is 0 Å².